The normalized spacial score (nSPS) is 10.2. The molecule has 1 radical (unpaired) electrons. The Morgan fingerprint density at radius 3 is 2.55 bits per heavy atom. The number of carbonyl (C=O) groups is 1. The number of carbonyl (C=O) groups excluding carboxylic acids is 1. The van der Waals surface area contributed by atoms with E-state index in [0.29, 0.717) is 6.42 Å². The molecule has 0 fully saturated rings. The molecule has 0 saturated carbocycles. The lowest BCUT2D eigenvalue weighted by Gasteiger charge is -2.06. The maximum atomic E-state index is 10.9. The quantitative estimate of drug-likeness (QED) is 0.452. The Labute approximate surface area is 68.9 Å². The zero-order valence-electron chi connectivity index (χ0n) is 7.43. The van der Waals surface area contributed by atoms with Crippen LogP contribution in [0, 0.1) is 6.92 Å². The molecular weight excluding hydrogens is 140 g/mol. The first kappa shape index (κ1) is 10.5. The zero-order valence-corrected chi connectivity index (χ0v) is 7.43. The summed E-state index contributed by atoms with van der Waals surface area (Å²) < 4.78 is 4.94. The molecule has 0 heterocycles. The van der Waals surface area contributed by atoms with Crippen molar-refractivity contribution >= 4 is 5.97 Å². The summed E-state index contributed by atoms with van der Waals surface area (Å²) in [4.78, 5) is 10.9. The van der Waals surface area contributed by atoms with Crippen molar-refractivity contribution in [3.8, 4) is 0 Å². The molecule has 0 rings (SSSR count). The lowest BCUT2D eigenvalue weighted by atomic mass is 10.2. The first-order valence-electron chi connectivity index (χ1n) is 4.15. The predicted octanol–water partition coefficient (Wildman–Crippen LogP) is 2.33. The number of ether oxygens (including phenoxy) is 1. The molecule has 0 aromatic carbocycles. The van der Waals surface area contributed by atoms with Crippen molar-refractivity contribution in [3.63, 3.8) is 0 Å². The van der Waals surface area contributed by atoms with E-state index in [4.69, 9.17) is 4.74 Å². The Balaban J connectivity index is 3.23. The first-order chi connectivity index (χ1) is 5.16. The van der Waals surface area contributed by atoms with Crippen molar-refractivity contribution in [3.05, 3.63) is 6.92 Å². The summed E-state index contributed by atoms with van der Waals surface area (Å²) in [6.07, 6.45) is 3.35. The molecule has 0 unspecified atom stereocenters. The summed E-state index contributed by atoms with van der Waals surface area (Å²) in [5.74, 6) is -0.0894. The molecule has 0 aliphatic heterocycles. The van der Waals surface area contributed by atoms with Gasteiger partial charge in [0.2, 0.25) is 0 Å². The van der Waals surface area contributed by atoms with Gasteiger partial charge in [0.05, 0.1) is 6.10 Å². The van der Waals surface area contributed by atoms with E-state index in [1.54, 1.807) is 0 Å². The molecule has 0 aromatic rings. The highest BCUT2D eigenvalue weighted by atomic mass is 16.5. The van der Waals surface area contributed by atoms with Crippen molar-refractivity contribution in [2.75, 3.05) is 0 Å². The first-order valence-corrected chi connectivity index (χ1v) is 4.15. The molecule has 65 valence electrons. The van der Waals surface area contributed by atoms with Gasteiger partial charge >= 0.3 is 5.97 Å². The summed E-state index contributed by atoms with van der Waals surface area (Å²) in [7, 11) is 0. The Kier molecular flexibility index (Phi) is 5.90. The van der Waals surface area contributed by atoms with E-state index in [1.165, 1.54) is 0 Å². The molecule has 0 spiro atoms. The lowest BCUT2D eigenvalue weighted by molar-refractivity contribution is -0.147. The van der Waals surface area contributed by atoms with Crippen LogP contribution in [0.5, 0.6) is 0 Å². The molecule has 11 heavy (non-hydrogen) atoms. The second-order valence-electron chi connectivity index (χ2n) is 2.85. The van der Waals surface area contributed by atoms with Gasteiger partial charge in [-0.25, -0.2) is 0 Å². The fourth-order valence-corrected chi connectivity index (χ4v) is 0.768. The number of unbranched alkanes of at least 4 members (excludes halogenated alkanes) is 2. The van der Waals surface area contributed by atoms with Crippen molar-refractivity contribution in [1.82, 2.24) is 0 Å². The fraction of sp³-hybridized carbons (Fsp3) is 0.778. The highest BCUT2D eigenvalue weighted by molar-refractivity contribution is 5.69. The minimum absolute atomic E-state index is 0.0160. The summed E-state index contributed by atoms with van der Waals surface area (Å²) in [6.45, 7) is 7.41. The van der Waals surface area contributed by atoms with Crippen LogP contribution in [0.4, 0.5) is 0 Å². The molecule has 0 aliphatic carbocycles. The molecule has 0 saturated heterocycles. The second-order valence-corrected chi connectivity index (χ2v) is 2.85. The van der Waals surface area contributed by atoms with Crippen LogP contribution in [-0.2, 0) is 9.53 Å². The summed E-state index contributed by atoms with van der Waals surface area (Å²) in [5.41, 5.74) is 0. The van der Waals surface area contributed by atoms with Crippen molar-refractivity contribution < 1.29 is 9.53 Å². The van der Waals surface area contributed by atoms with Crippen LogP contribution >= 0.6 is 0 Å². The van der Waals surface area contributed by atoms with Gasteiger partial charge in [-0.05, 0) is 20.3 Å². The Morgan fingerprint density at radius 1 is 1.45 bits per heavy atom. The van der Waals surface area contributed by atoms with Gasteiger partial charge in [-0.15, -0.1) is 0 Å². The third-order valence-corrected chi connectivity index (χ3v) is 1.25. The van der Waals surface area contributed by atoms with Gasteiger partial charge in [-0.1, -0.05) is 19.8 Å². The average molecular weight is 157 g/mol. The van der Waals surface area contributed by atoms with Gasteiger partial charge in [0.1, 0.15) is 0 Å². The average Bonchev–Trinajstić information content (AvgIpc) is 1.86. The van der Waals surface area contributed by atoms with Gasteiger partial charge < -0.3 is 4.74 Å². The van der Waals surface area contributed by atoms with E-state index in [0.717, 1.165) is 19.3 Å². The van der Waals surface area contributed by atoms with Crippen molar-refractivity contribution in [1.29, 1.82) is 0 Å². The number of hydrogen-bond acceptors (Lipinski definition) is 2. The van der Waals surface area contributed by atoms with Crippen LogP contribution in [0.25, 0.3) is 0 Å². The summed E-state index contributed by atoms with van der Waals surface area (Å²) in [6, 6.07) is 0. The monoisotopic (exact) mass is 157 g/mol. The molecule has 0 N–H and O–H groups in total. The van der Waals surface area contributed by atoms with Gasteiger partial charge in [0.15, 0.2) is 0 Å². The van der Waals surface area contributed by atoms with Crippen molar-refractivity contribution in [2.45, 2.75) is 45.6 Å². The van der Waals surface area contributed by atoms with E-state index in [-0.39, 0.29) is 12.1 Å². The maximum Gasteiger partial charge on any atom is 0.306 e. The Hall–Kier alpha value is -0.530. The minimum atomic E-state index is -0.0894. The highest BCUT2D eigenvalue weighted by Crippen LogP contribution is 2.01. The van der Waals surface area contributed by atoms with Crippen LogP contribution in [-0.4, -0.2) is 12.1 Å². The maximum absolute atomic E-state index is 10.9. The van der Waals surface area contributed by atoms with Crippen molar-refractivity contribution in [2.24, 2.45) is 0 Å². The van der Waals surface area contributed by atoms with E-state index in [1.807, 2.05) is 13.8 Å². The van der Waals surface area contributed by atoms with Crippen LogP contribution in [0.2, 0.25) is 0 Å². The zero-order chi connectivity index (χ0) is 8.69. The van der Waals surface area contributed by atoms with E-state index in [2.05, 4.69) is 6.92 Å². The van der Waals surface area contributed by atoms with Crippen LogP contribution < -0.4 is 0 Å². The predicted molar refractivity (Wildman–Crippen MR) is 45.1 cm³/mol. The van der Waals surface area contributed by atoms with Crippen LogP contribution in [0.3, 0.4) is 0 Å². The third-order valence-electron chi connectivity index (χ3n) is 1.25. The Morgan fingerprint density at radius 2 is 2.09 bits per heavy atom. The number of esters is 1. The van der Waals surface area contributed by atoms with Gasteiger partial charge in [-0.3, -0.25) is 4.79 Å². The summed E-state index contributed by atoms with van der Waals surface area (Å²) in [5, 5.41) is 0. The lowest BCUT2D eigenvalue weighted by Crippen LogP contribution is -2.10. The molecule has 2 nitrogen and oxygen atoms in total. The van der Waals surface area contributed by atoms with E-state index < -0.39 is 0 Å². The Bertz CT molecular complexity index is 108. The molecule has 0 aliphatic rings. The molecule has 0 amide bonds. The van der Waals surface area contributed by atoms with Gasteiger partial charge in [0, 0.05) is 6.42 Å². The van der Waals surface area contributed by atoms with E-state index >= 15 is 0 Å². The highest BCUT2D eigenvalue weighted by Gasteiger charge is 2.03. The van der Waals surface area contributed by atoms with Crippen LogP contribution in [0.1, 0.15) is 39.5 Å². The largest absolute Gasteiger partial charge is 0.463 e. The molecule has 0 atom stereocenters. The number of hydrogen-bond donors (Lipinski definition) is 0. The second kappa shape index (κ2) is 6.20. The van der Waals surface area contributed by atoms with E-state index in [9.17, 15) is 4.79 Å². The minimum Gasteiger partial charge on any atom is -0.463 e. The van der Waals surface area contributed by atoms with Gasteiger partial charge in [-0.2, -0.15) is 0 Å². The molecule has 0 aromatic heterocycles. The molecular formula is C9H17O2. The fourth-order valence-electron chi connectivity index (χ4n) is 0.768. The molecule has 0 bridgehead atoms. The molecule has 2 heteroatoms. The summed E-state index contributed by atoms with van der Waals surface area (Å²) >= 11 is 0. The number of rotatable bonds is 5. The topological polar surface area (TPSA) is 26.3 Å². The van der Waals surface area contributed by atoms with Gasteiger partial charge in [0.25, 0.3) is 0 Å². The standard InChI is InChI=1S/C9H17O2/c1-4-5-6-7-9(10)11-8(2)3/h8H,1,4-7H2,2-3H3. The van der Waals surface area contributed by atoms with Crippen LogP contribution in [0.15, 0.2) is 0 Å². The third kappa shape index (κ3) is 7.37. The SMILES string of the molecule is [CH2]CCCCC(=O)OC(C)C. The smallest absolute Gasteiger partial charge is 0.306 e.